The van der Waals surface area contributed by atoms with Gasteiger partial charge in [-0.05, 0) is 35.4 Å². The normalized spacial score (nSPS) is 19.5. The third kappa shape index (κ3) is 5.07. The minimum absolute atomic E-state index is 0.0784. The molecule has 2 aliphatic rings. The molecule has 4 aromatic carbocycles. The molecule has 3 atom stereocenters. The molecule has 3 unspecified atom stereocenters. The zero-order chi connectivity index (χ0) is 27.7. The summed E-state index contributed by atoms with van der Waals surface area (Å²) in [5.74, 6) is -1.57. The minimum Gasteiger partial charge on any atom is -0.508 e. The van der Waals surface area contributed by atoms with Crippen molar-refractivity contribution in [1.82, 2.24) is 0 Å². The van der Waals surface area contributed by atoms with Crippen LogP contribution in [0.15, 0.2) is 84.9 Å². The molecule has 0 aromatic heterocycles. The van der Waals surface area contributed by atoms with Crippen LogP contribution in [0.2, 0.25) is 0 Å². The second kappa shape index (κ2) is 10.4. The van der Waals surface area contributed by atoms with E-state index in [-0.39, 0.29) is 40.3 Å². The maximum absolute atomic E-state index is 12.2. The number of aliphatic hydroxyl groups excluding tert-OH is 1. The van der Waals surface area contributed by atoms with Gasteiger partial charge < -0.3 is 35.0 Å². The molecule has 0 bridgehead atoms. The lowest BCUT2D eigenvalue weighted by atomic mass is 9.92. The van der Waals surface area contributed by atoms with E-state index in [9.17, 15) is 35.1 Å². The smallest absolute Gasteiger partial charge is 0.202 e. The number of para-hydroxylation sites is 1. The second-order valence-corrected chi connectivity index (χ2v) is 9.07. The average molecular weight is 529 g/mol. The number of carbonyl (C=O) groups excluding carboxylic acids is 2. The molecule has 0 saturated heterocycles. The Kier molecular flexibility index (Phi) is 6.83. The van der Waals surface area contributed by atoms with Crippen molar-refractivity contribution < 1.29 is 44.6 Å². The lowest BCUT2D eigenvalue weighted by Gasteiger charge is -2.30. The topological polar surface area (TPSA) is 154 Å². The summed E-state index contributed by atoms with van der Waals surface area (Å²) in [5, 5.41) is 48.1. The molecule has 0 aliphatic carbocycles. The van der Waals surface area contributed by atoms with E-state index in [0.29, 0.717) is 17.7 Å². The van der Waals surface area contributed by atoms with E-state index in [1.807, 2.05) is 54.6 Å². The summed E-state index contributed by atoms with van der Waals surface area (Å²) in [5.41, 5.74) is 1.78. The van der Waals surface area contributed by atoms with Gasteiger partial charge in [-0.1, -0.05) is 48.5 Å². The van der Waals surface area contributed by atoms with Crippen molar-refractivity contribution in [2.75, 3.05) is 0 Å². The summed E-state index contributed by atoms with van der Waals surface area (Å²) >= 11 is 0. The van der Waals surface area contributed by atoms with Crippen LogP contribution in [0.4, 0.5) is 0 Å². The number of fused-ring (bicyclic) bond motifs is 2. The van der Waals surface area contributed by atoms with E-state index in [1.165, 1.54) is 12.1 Å². The lowest BCUT2D eigenvalue weighted by molar-refractivity contribution is 0.0210. The highest BCUT2D eigenvalue weighted by Crippen LogP contribution is 2.42. The van der Waals surface area contributed by atoms with Gasteiger partial charge >= 0.3 is 0 Å². The minimum atomic E-state index is -1.60. The van der Waals surface area contributed by atoms with Crippen LogP contribution in [-0.4, -0.2) is 43.2 Å². The van der Waals surface area contributed by atoms with Crippen molar-refractivity contribution >= 4 is 11.6 Å². The van der Waals surface area contributed by atoms with Crippen LogP contribution in [0.5, 0.6) is 34.5 Å². The summed E-state index contributed by atoms with van der Waals surface area (Å²) in [4.78, 5) is 24.2. The highest BCUT2D eigenvalue weighted by molar-refractivity contribution is 6.05. The predicted octanol–water partition coefficient (Wildman–Crippen LogP) is 4.58. The first-order valence-electron chi connectivity index (χ1n) is 12.0. The van der Waals surface area contributed by atoms with Crippen molar-refractivity contribution in [3.63, 3.8) is 0 Å². The SMILES string of the molecule is O=C1CC(c2ccccc2)Oc2ccccc21.O=C1c2c(O)cc(O)cc2OC(c2ccc(O)c(O)c2)C1O. The van der Waals surface area contributed by atoms with Gasteiger partial charge in [0.1, 0.15) is 34.7 Å². The number of carbonyl (C=O) groups is 2. The second-order valence-electron chi connectivity index (χ2n) is 9.07. The summed E-state index contributed by atoms with van der Waals surface area (Å²) in [7, 11) is 0. The molecule has 9 heteroatoms. The number of aliphatic hydroxyl groups is 1. The van der Waals surface area contributed by atoms with Gasteiger partial charge in [0.2, 0.25) is 5.78 Å². The molecule has 39 heavy (non-hydrogen) atoms. The van der Waals surface area contributed by atoms with E-state index >= 15 is 0 Å². The number of aromatic hydroxyl groups is 4. The molecular formula is C30H24O9. The first-order chi connectivity index (χ1) is 18.7. The fraction of sp³-hybridized carbons (Fsp3) is 0.133. The van der Waals surface area contributed by atoms with Crippen molar-refractivity contribution in [2.24, 2.45) is 0 Å². The van der Waals surface area contributed by atoms with Crippen LogP contribution < -0.4 is 9.47 Å². The quantitative estimate of drug-likeness (QED) is 0.235. The Labute approximate surface area is 222 Å². The van der Waals surface area contributed by atoms with E-state index in [4.69, 9.17) is 9.47 Å². The summed E-state index contributed by atoms with van der Waals surface area (Å²) in [6.07, 6.45) is -2.49. The van der Waals surface area contributed by atoms with Gasteiger partial charge in [-0.25, -0.2) is 0 Å². The number of ketones is 2. The third-order valence-electron chi connectivity index (χ3n) is 6.45. The van der Waals surface area contributed by atoms with Crippen molar-refractivity contribution in [3.05, 3.63) is 107 Å². The molecule has 0 fully saturated rings. The first kappa shape index (κ1) is 25.6. The number of phenols is 4. The van der Waals surface area contributed by atoms with Crippen molar-refractivity contribution in [2.45, 2.75) is 24.7 Å². The molecular weight excluding hydrogens is 504 g/mol. The van der Waals surface area contributed by atoms with Crippen LogP contribution in [-0.2, 0) is 0 Å². The Morgan fingerprint density at radius 1 is 0.667 bits per heavy atom. The van der Waals surface area contributed by atoms with Crippen molar-refractivity contribution in [1.29, 1.82) is 0 Å². The van der Waals surface area contributed by atoms with Gasteiger partial charge in [-0.2, -0.15) is 0 Å². The molecule has 198 valence electrons. The molecule has 4 aromatic rings. The lowest BCUT2D eigenvalue weighted by Crippen LogP contribution is -2.36. The number of benzene rings is 4. The Hall–Kier alpha value is -5.02. The van der Waals surface area contributed by atoms with Gasteiger partial charge in [-0.3, -0.25) is 9.59 Å². The summed E-state index contributed by atoms with van der Waals surface area (Å²) in [6, 6.07) is 23.1. The number of hydrogen-bond donors (Lipinski definition) is 5. The van der Waals surface area contributed by atoms with Crippen molar-refractivity contribution in [3.8, 4) is 34.5 Å². The summed E-state index contributed by atoms with van der Waals surface area (Å²) in [6.45, 7) is 0. The molecule has 2 aliphatic heterocycles. The molecule has 0 amide bonds. The first-order valence-corrected chi connectivity index (χ1v) is 12.0. The Morgan fingerprint density at radius 3 is 2.13 bits per heavy atom. The fourth-order valence-electron chi connectivity index (χ4n) is 4.51. The van der Waals surface area contributed by atoms with E-state index in [1.54, 1.807) is 0 Å². The molecule has 0 spiro atoms. The number of hydrogen-bond acceptors (Lipinski definition) is 9. The van der Waals surface area contributed by atoms with E-state index in [0.717, 1.165) is 23.8 Å². The maximum atomic E-state index is 12.2. The van der Waals surface area contributed by atoms with Crippen LogP contribution in [0.25, 0.3) is 0 Å². The number of rotatable bonds is 2. The van der Waals surface area contributed by atoms with Gasteiger partial charge in [0, 0.05) is 12.1 Å². The monoisotopic (exact) mass is 528 g/mol. The van der Waals surface area contributed by atoms with Crippen LogP contribution in [0.1, 0.15) is 50.5 Å². The van der Waals surface area contributed by atoms with E-state index in [2.05, 4.69) is 0 Å². The average Bonchev–Trinajstić information content (AvgIpc) is 2.93. The number of phenolic OH excluding ortho intramolecular Hbond substituents is 4. The number of ether oxygens (including phenoxy) is 2. The van der Waals surface area contributed by atoms with Crippen LogP contribution in [0, 0.1) is 0 Å². The number of Topliss-reactive ketones (excluding diaryl/α,β-unsaturated/α-hetero) is 2. The molecule has 6 rings (SSSR count). The maximum Gasteiger partial charge on any atom is 0.202 e. The predicted molar refractivity (Wildman–Crippen MR) is 138 cm³/mol. The van der Waals surface area contributed by atoms with E-state index < -0.39 is 29.5 Å². The zero-order valence-corrected chi connectivity index (χ0v) is 20.4. The van der Waals surface area contributed by atoms with Gasteiger partial charge in [-0.15, -0.1) is 0 Å². The van der Waals surface area contributed by atoms with Crippen LogP contribution in [0.3, 0.4) is 0 Å². The van der Waals surface area contributed by atoms with Gasteiger partial charge in [0.05, 0.1) is 12.0 Å². The highest BCUT2D eigenvalue weighted by atomic mass is 16.5. The molecule has 0 saturated carbocycles. The van der Waals surface area contributed by atoms with Gasteiger partial charge in [0.25, 0.3) is 0 Å². The molecule has 9 nitrogen and oxygen atoms in total. The summed E-state index contributed by atoms with van der Waals surface area (Å²) < 4.78 is 11.3. The standard InChI is InChI=1S/C15H12O7.C15H12O2/c16-7-4-10(19)12-11(5-7)22-15(14(21)13(12)20)6-1-2-8(17)9(18)3-6;16-13-10-15(11-6-2-1-3-7-11)17-14-9-5-4-8-12(13)14/h1-5,14-19,21H;1-9,15H,10H2. The Bertz CT molecular complexity index is 1550. The Balaban J connectivity index is 0.000000163. The van der Waals surface area contributed by atoms with Crippen LogP contribution >= 0.6 is 0 Å². The third-order valence-corrected chi connectivity index (χ3v) is 6.45. The highest BCUT2D eigenvalue weighted by Gasteiger charge is 2.39. The largest absolute Gasteiger partial charge is 0.508 e. The molecule has 2 heterocycles. The molecule has 5 N–H and O–H groups in total. The fourth-order valence-corrected chi connectivity index (χ4v) is 4.51. The Morgan fingerprint density at radius 2 is 1.38 bits per heavy atom. The van der Waals surface area contributed by atoms with Gasteiger partial charge in [0.15, 0.2) is 29.5 Å². The zero-order valence-electron chi connectivity index (χ0n) is 20.4. The molecule has 0 radical (unpaired) electrons.